The average Bonchev–Trinajstić information content (AvgIpc) is 2.34. The van der Waals surface area contributed by atoms with Gasteiger partial charge in [-0.25, -0.2) is 0 Å². The zero-order valence-electron chi connectivity index (χ0n) is 10.4. The van der Waals surface area contributed by atoms with Gasteiger partial charge < -0.3 is 10.4 Å². The van der Waals surface area contributed by atoms with Gasteiger partial charge in [0.15, 0.2) is 0 Å². The fourth-order valence-electron chi connectivity index (χ4n) is 1.84. The van der Waals surface area contributed by atoms with Gasteiger partial charge >= 0.3 is 0 Å². The van der Waals surface area contributed by atoms with E-state index in [1.807, 2.05) is 32.0 Å². The number of phenols is 1. The van der Waals surface area contributed by atoms with Crippen LogP contribution >= 0.6 is 0 Å². The number of para-hydroxylation sites is 1. The second-order valence-corrected chi connectivity index (χ2v) is 4.27. The van der Waals surface area contributed by atoms with Gasteiger partial charge in [0.2, 0.25) is 0 Å². The Morgan fingerprint density at radius 3 is 2.28 bits per heavy atom. The largest absolute Gasteiger partial charge is 0.508 e. The number of aryl methyl sites for hydroxylation is 2. The van der Waals surface area contributed by atoms with Crippen molar-refractivity contribution < 1.29 is 9.90 Å². The summed E-state index contributed by atoms with van der Waals surface area (Å²) in [7, 11) is 0. The summed E-state index contributed by atoms with van der Waals surface area (Å²) in [5.41, 5.74) is 3.30. The van der Waals surface area contributed by atoms with Gasteiger partial charge in [-0.2, -0.15) is 0 Å². The van der Waals surface area contributed by atoms with Gasteiger partial charge in [0.1, 0.15) is 5.75 Å². The Hall–Kier alpha value is -2.29. The van der Waals surface area contributed by atoms with E-state index in [1.54, 1.807) is 12.1 Å². The first-order valence-electron chi connectivity index (χ1n) is 5.74. The molecule has 0 spiro atoms. The summed E-state index contributed by atoms with van der Waals surface area (Å²) >= 11 is 0. The molecule has 0 atom stereocenters. The molecule has 0 saturated carbocycles. The van der Waals surface area contributed by atoms with Crippen LogP contribution in [0.15, 0.2) is 42.5 Å². The number of hydrogen-bond acceptors (Lipinski definition) is 2. The van der Waals surface area contributed by atoms with Gasteiger partial charge in [-0.3, -0.25) is 4.79 Å². The fraction of sp³-hybridized carbons (Fsp3) is 0.133. The number of amides is 1. The number of anilines is 1. The summed E-state index contributed by atoms with van der Waals surface area (Å²) in [6.45, 7) is 3.90. The van der Waals surface area contributed by atoms with Gasteiger partial charge in [-0.15, -0.1) is 0 Å². The molecule has 0 aliphatic carbocycles. The number of aromatic hydroxyl groups is 1. The third-order valence-corrected chi connectivity index (χ3v) is 2.83. The third-order valence-electron chi connectivity index (χ3n) is 2.83. The van der Waals surface area contributed by atoms with Crippen LogP contribution in [0.1, 0.15) is 21.5 Å². The smallest absolute Gasteiger partial charge is 0.255 e. The van der Waals surface area contributed by atoms with Gasteiger partial charge in [-0.1, -0.05) is 24.3 Å². The van der Waals surface area contributed by atoms with Crippen LogP contribution < -0.4 is 5.32 Å². The third kappa shape index (κ3) is 2.51. The summed E-state index contributed by atoms with van der Waals surface area (Å²) in [5, 5.41) is 12.2. The average molecular weight is 241 g/mol. The Labute approximate surface area is 106 Å². The van der Waals surface area contributed by atoms with E-state index in [0.29, 0.717) is 5.56 Å². The maximum absolute atomic E-state index is 12.0. The topological polar surface area (TPSA) is 49.3 Å². The summed E-state index contributed by atoms with van der Waals surface area (Å²) in [5.74, 6) is -0.132. The quantitative estimate of drug-likeness (QED) is 0.847. The first kappa shape index (κ1) is 12.2. The first-order valence-corrected chi connectivity index (χ1v) is 5.74. The molecule has 3 nitrogen and oxygen atoms in total. The summed E-state index contributed by atoms with van der Waals surface area (Å²) in [6, 6.07) is 12.2. The molecule has 0 fully saturated rings. The Kier molecular flexibility index (Phi) is 3.33. The van der Waals surface area contributed by atoms with Crippen LogP contribution in [0.25, 0.3) is 0 Å². The summed E-state index contributed by atoms with van der Waals surface area (Å²) in [4.78, 5) is 12.0. The minimum atomic E-state index is -0.219. The molecule has 0 bridgehead atoms. The molecule has 2 rings (SSSR count). The molecule has 0 aliphatic rings. The number of nitrogens with one attached hydrogen (secondary N) is 1. The molecule has 3 heteroatoms. The number of benzene rings is 2. The number of rotatable bonds is 2. The normalized spacial score (nSPS) is 10.1. The maximum atomic E-state index is 12.0. The van der Waals surface area contributed by atoms with Crippen LogP contribution in [-0.4, -0.2) is 11.0 Å². The lowest BCUT2D eigenvalue weighted by Crippen LogP contribution is -2.13. The number of phenolic OH excluding ortho intramolecular Hbond substituents is 1. The molecule has 2 aromatic carbocycles. The molecule has 18 heavy (non-hydrogen) atoms. The molecule has 0 aliphatic heterocycles. The van der Waals surface area contributed by atoms with Crippen molar-refractivity contribution in [3.63, 3.8) is 0 Å². The summed E-state index contributed by atoms with van der Waals surface area (Å²) in [6.07, 6.45) is 0. The van der Waals surface area contributed by atoms with Crippen molar-refractivity contribution in [3.05, 3.63) is 59.2 Å². The lowest BCUT2D eigenvalue weighted by molar-refractivity contribution is 0.102. The van der Waals surface area contributed by atoms with E-state index >= 15 is 0 Å². The fourth-order valence-corrected chi connectivity index (χ4v) is 1.84. The first-order chi connectivity index (χ1) is 8.58. The SMILES string of the molecule is Cc1cccc(C)c1NC(=O)c1cccc(O)c1. The van der Waals surface area contributed by atoms with Crippen LogP contribution in [0.4, 0.5) is 5.69 Å². The Morgan fingerprint density at radius 2 is 1.67 bits per heavy atom. The second kappa shape index (κ2) is 4.92. The molecule has 0 unspecified atom stereocenters. The highest BCUT2D eigenvalue weighted by Gasteiger charge is 2.09. The highest BCUT2D eigenvalue weighted by molar-refractivity contribution is 6.05. The Morgan fingerprint density at radius 1 is 1.06 bits per heavy atom. The molecule has 2 N–H and O–H groups in total. The van der Waals surface area contributed by atoms with Crippen LogP contribution in [0.5, 0.6) is 5.75 Å². The zero-order valence-corrected chi connectivity index (χ0v) is 10.4. The van der Waals surface area contributed by atoms with E-state index in [-0.39, 0.29) is 11.7 Å². The molecular weight excluding hydrogens is 226 g/mol. The molecule has 0 heterocycles. The Balaban J connectivity index is 2.27. The predicted octanol–water partition coefficient (Wildman–Crippen LogP) is 3.26. The minimum Gasteiger partial charge on any atom is -0.508 e. The van der Waals surface area contributed by atoms with Crippen molar-refractivity contribution >= 4 is 11.6 Å². The molecule has 0 aromatic heterocycles. The lowest BCUT2D eigenvalue weighted by atomic mass is 10.1. The lowest BCUT2D eigenvalue weighted by Gasteiger charge is -2.11. The molecule has 2 aromatic rings. The molecule has 92 valence electrons. The van der Waals surface area contributed by atoms with E-state index in [2.05, 4.69) is 5.32 Å². The van der Waals surface area contributed by atoms with Gasteiger partial charge in [-0.05, 0) is 43.2 Å². The van der Waals surface area contributed by atoms with Gasteiger partial charge in [0.05, 0.1) is 0 Å². The van der Waals surface area contributed by atoms with E-state index in [1.165, 1.54) is 12.1 Å². The predicted molar refractivity (Wildman–Crippen MR) is 72.0 cm³/mol. The zero-order chi connectivity index (χ0) is 13.1. The van der Waals surface area contributed by atoms with Crippen molar-refractivity contribution in [2.24, 2.45) is 0 Å². The van der Waals surface area contributed by atoms with Crippen LogP contribution in [0.3, 0.4) is 0 Å². The van der Waals surface area contributed by atoms with Gasteiger partial charge in [0.25, 0.3) is 5.91 Å². The van der Waals surface area contributed by atoms with Crippen molar-refractivity contribution in [1.29, 1.82) is 0 Å². The van der Waals surface area contributed by atoms with Crippen molar-refractivity contribution in [1.82, 2.24) is 0 Å². The number of carbonyl (C=O) groups is 1. The minimum absolute atomic E-state index is 0.0872. The molecule has 1 amide bonds. The van der Waals surface area contributed by atoms with Crippen LogP contribution in [-0.2, 0) is 0 Å². The van der Waals surface area contributed by atoms with E-state index in [4.69, 9.17) is 0 Å². The van der Waals surface area contributed by atoms with Gasteiger partial charge in [0, 0.05) is 11.3 Å². The number of hydrogen-bond donors (Lipinski definition) is 2. The molecule has 0 saturated heterocycles. The van der Waals surface area contributed by atoms with E-state index < -0.39 is 0 Å². The van der Waals surface area contributed by atoms with Crippen LogP contribution in [0, 0.1) is 13.8 Å². The second-order valence-electron chi connectivity index (χ2n) is 4.27. The van der Waals surface area contributed by atoms with Crippen LogP contribution in [0.2, 0.25) is 0 Å². The molecule has 0 radical (unpaired) electrons. The van der Waals surface area contributed by atoms with Crippen molar-refractivity contribution in [3.8, 4) is 5.75 Å². The summed E-state index contributed by atoms with van der Waals surface area (Å²) < 4.78 is 0. The standard InChI is InChI=1S/C15H15NO2/c1-10-5-3-6-11(2)14(10)16-15(18)12-7-4-8-13(17)9-12/h3-9,17H,1-2H3,(H,16,18). The maximum Gasteiger partial charge on any atom is 0.255 e. The highest BCUT2D eigenvalue weighted by atomic mass is 16.3. The van der Waals surface area contributed by atoms with E-state index in [9.17, 15) is 9.90 Å². The monoisotopic (exact) mass is 241 g/mol. The van der Waals surface area contributed by atoms with E-state index in [0.717, 1.165) is 16.8 Å². The van der Waals surface area contributed by atoms with Crippen molar-refractivity contribution in [2.45, 2.75) is 13.8 Å². The van der Waals surface area contributed by atoms with Crippen molar-refractivity contribution in [2.75, 3.05) is 5.32 Å². The molecular formula is C15H15NO2. The number of carbonyl (C=O) groups excluding carboxylic acids is 1. The highest BCUT2D eigenvalue weighted by Crippen LogP contribution is 2.21. The Bertz CT molecular complexity index is 571.